The first-order chi connectivity index (χ1) is 9.53. The van der Waals surface area contributed by atoms with Crippen molar-refractivity contribution in [2.75, 3.05) is 13.1 Å². The lowest BCUT2D eigenvalue weighted by Gasteiger charge is -2.46. The molecule has 0 spiro atoms. The number of nitrogens with zero attached hydrogens (tertiary/aromatic N) is 1. The summed E-state index contributed by atoms with van der Waals surface area (Å²) in [5.74, 6) is 0. The molecule has 3 heteroatoms. The van der Waals surface area contributed by atoms with Crippen LogP contribution in [0.4, 0.5) is 0 Å². The topological polar surface area (TPSA) is 23.5 Å². The summed E-state index contributed by atoms with van der Waals surface area (Å²) in [6, 6.07) is 7.80. The third-order valence-corrected chi connectivity index (χ3v) is 4.79. The van der Waals surface area contributed by atoms with Crippen LogP contribution in [0.1, 0.15) is 46.1 Å². The molecule has 0 heterocycles. The monoisotopic (exact) mass is 297 g/mol. The van der Waals surface area contributed by atoms with Crippen molar-refractivity contribution in [3.8, 4) is 0 Å². The van der Waals surface area contributed by atoms with Gasteiger partial charge in [0.15, 0.2) is 0 Å². The van der Waals surface area contributed by atoms with Crippen LogP contribution in [0.5, 0.6) is 0 Å². The van der Waals surface area contributed by atoms with Crippen molar-refractivity contribution < 1.29 is 5.11 Å². The number of benzene rings is 1. The molecule has 1 rings (SSSR count). The van der Waals surface area contributed by atoms with Crippen LogP contribution in [-0.4, -0.2) is 34.7 Å². The quantitative estimate of drug-likeness (QED) is 0.779. The minimum Gasteiger partial charge on any atom is -0.391 e. The van der Waals surface area contributed by atoms with Gasteiger partial charge < -0.3 is 5.11 Å². The highest BCUT2D eigenvalue weighted by molar-refractivity contribution is 6.30. The summed E-state index contributed by atoms with van der Waals surface area (Å²) >= 11 is 6.04. The van der Waals surface area contributed by atoms with Crippen molar-refractivity contribution >= 4 is 11.6 Å². The third kappa shape index (κ3) is 3.75. The van der Waals surface area contributed by atoms with Gasteiger partial charge in [-0.05, 0) is 43.6 Å². The lowest BCUT2D eigenvalue weighted by molar-refractivity contribution is -0.0340. The maximum absolute atomic E-state index is 10.9. The minimum absolute atomic E-state index is 0.147. The average molecular weight is 298 g/mol. The fraction of sp³-hybridized carbons (Fsp3) is 0.647. The number of hydrogen-bond acceptors (Lipinski definition) is 2. The van der Waals surface area contributed by atoms with E-state index in [0.717, 1.165) is 36.5 Å². The zero-order valence-corrected chi connectivity index (χ0v) is 14.0. The second kappa shape index (κ2) is 8.02. The Morgan fingerprint density at radius 3 is 2.20 bits per heavy atom. The first kappa shape index (κ1) is 17.5. The van der Waals surface area contributed by atoms with E-state index in [1.54, 1.807) is 0 Å². The van der Waals surface area contributed by atoms with Gasteiger partial charge in [-0.15, -0.1) is 0 Å². The molecule has 0 aliphatic rings. The summed E-state index contributed by atoms with van der Waals surface area (Å²) in [5.41, 5.74) is 0.953. The molecule has 1 atom stereocenters. The minimum atomic E-state index is -0.379. The van der Waals surface area contributed by atoms with Gasteiger partial charge in [0.25, 0.3) is 0 Å². The zero-order valence-electron chi connectivity index (χ0n) is 13.2. The van der Waals surface area contributed by atoms with Crippen LogP contribution < -0.4 is 0 Å². The molecule has 114 valence electrons. The molecule has 1 N–H and O–H groups in total. The van der Waals surface area contributed by atoms with Crippen LogP contribution in [0, 0.1) is 0 Å². The van der Waals surface area contributed by atoms with Crippen LogP contribution in [-0.2, 0) is 6.42 Å². The van der Waals surface area contributed by atoms with Gasteiger partial charge in [-0.3, -0.25) is 4.90 Å². The standard InChI is InChI=1S/C17H28ClNO/c1-5-17(6-2,19(7-3)8-4)16(20)13-14-10-9-11-15(18)12-14/h9-12,16,20H,5-8,13H2,1-4H3. The summed E-state index contributed by atoms with van der Waals surface area (Å²) in [5, 5.41) is 11.6. The summed E-state index contributed by atoms with van der Waals surface area (Å²) < 4.78 is 0. The summed E-state index contributed by atoms with van der Waals surface area (Å²) in [4.78, 5) is 2.39. The smallest absolute Gasteiger partial charge is 0.0763 e. The third-order valence-electron chi connectivity index (χ3n) is 4.56. The first-order valence-electron chi connectivity index (χ1n) is 7.71. The second-order valence-electron chi connectivity index (χ2n) is 5.33. The Hall–Kier alpha value is -0.570. The first-order valence-corrected chi connectivity index (χ1v) is 8.09. The van der Waals surface area contributed by atoms with Crippen LogP contribution >= 0.6 is 11.6 Å². The van der Waals surface area contributed by atoms with Gasteiger partial charge in [-0.2, -0.15) is 0 Å². The van der Waals surface area contributed by atoms with Gasteiger partial charge in [0.1, 0.15) is 0 Å². The van der Waals surface area contributed by atoms with E-state index in [-0.39, 0.29) is 11.6 Å². The Labute approximate surface area is 128 Å². The predicted octanol–water partition coefficient (Wildman–Crippen LogP) is 4.14. The fourth-order valence-electron chi connectivity index (χ4n) is 3.31. The zero-order chi connectivity index (χ0) is 15.2. The van der Waals surface area contributed by atoms with E-state index in [4.69, 9.17) is 11.6 Å². The van der Waals surface area contributed by atoms with E-state index in [0.29, 0.717) is 6.42 Å². The predicted molar refractivity (Wildman–Crippen MR) is 87.4 cm³/mol. The lowest BCUT2D eigenvalue weighted by Crippen LogP contribution is -2.56. The van der Waals surface area contributed by atoms with E-state index in [9.17, 15) is 5.11 Å². The maximum Gasteiger partial charge on any atom is 0.0763 e. The number of aliphatic hydroxyl groups is 1. The molecular weight excluding hydrogens is 270 g/mol. The SMILES string of the molecule is CCN(CC)C(CC)(CC)C(O)Cc1cccc(Cl)c1. The number of hydrogen-bond donors (Lipinski definition) is 1. The molecule has 0 saturated carbocycles. The van der Waals surface area contributed by atoms with Gasteiger partial charge in [0, 0.05) is 17.0 Å². The lowest BCUT2D eigenvalue weighted by atomic mass is 9.81. The van der Waals surface area contributed by atoms with Gasteiger partial charge in [0.2, 0.25) is 0 Å². The number of rotatable bonds is 8. The molecule has 0 radical (unpaired) electrons. The molecule has 20 heavy (non-hydrogen) atoms. The highest BCUT2D eigenvalue weighted by Gasteiger charge is 2.38. The second-order valence-corrected chi connectivity index (χ2v) is 5.77. The van der Waals surface area contributed by atoms with Crippen LogP contribution in [0.15, 0.2) is 24.3 Å². The molecule has 0 bridgehead atoms. The molecule has 1 aromatic carbocycles. The van der Waals surface area contributed by atoms with E-state index in [1.165, 1.54) is 0 Å². The van der Waals surface area contributed by atoms with E-state index < -0.39 is 0 Å². The van der Waals surface area contributed by atoms with Gasteiger partial charge >= 0.3 is 0 Å². The highest BCUT2D eigenvalue weighted by atomic mass is 35.5. The molecule has 0 amide bonds. The van der Waals surface area contributed by atoms with Crippen molar-refractivity contribution in [3.05, 3.63) is 34.9 Å². The Morgan fingerprint density at radius 2 is 1.75 bits per heavy atom. The van der Waals surface area contributed by atoms with Crippen molar-refractivity contribution in [1.82, 2.24) is 4.90 Å². The Kier molecular flexibility index (Phi) is 7.01. The van der Waals surface area contributed by atoms with Crippen LogP contribution in [0.25, 0.3) is 0 Å². The molecule has 1 aromatic rings. The Balaban J connectivity index is 2.96. The van der Waals surface area contributed by atoms with Gasteiger partial charge in [0.05, 0.1) is 6.10 Å². The van der Waals surface area contributed by atoms with Gasteiger partial charge in [-0.1, -0.05) is 51.4 Å². The molecule has 0 fully saturated rings. The molecule has 0 aliphatic carbocycles. The van der Waals surface area contributed by atoms with E-state index in [2.05, 4.69) is 32.6 Å². The summed E-state index contributed by atoms with van der Waals surface area (Å²) in [6.07, 6.45) is 2.18. The van der Waals surface area contributed by atoms with Crippen molar-refractivity contribution in [2.24, 2.45) is 0 Å². The van der Waals surface area contributed by atoms with Gasteiger partial charge in [-0.25, -0.2) is 0 Å². The normalized spacial score (nSPS) is 13.8. The molecule has 0 aliphatic heterocycles. The van der Waals surface area contributed by atoms with E-state index in [1.807, 2.05) is 24.3 Å². The summed E-state index contributed by atoms with van der Waals surface area (Å²) in [6.45, 7) is 10.6. The Bertz CT molecular complexity index is 400. The largest absolute Gasteiger partial charge is 0.391 e. The maximum atomic E-state index is 10.9. The number of aliphatic hydroxyl groups excluding tert-OH is 1. The van der Waals surface area contributed by atoms with Crippen LogP contribution in [0.2, 0.25) is 5.02 Å². The molecule has 0 saturated heterocycles. The number of halogens is 1. The molecule has 1 unspecified atom stereocenters. The number of likely N-dealkylation sites (N-methyl/N-ethyl adjacent to an activating group) is 1. The molecule has 0 aromatic heterocycles. The van der Waals surface area contributed by atoms with Crippen molar-refractivity contribution in [3.63, 3.8) is 0 Å². The van der Waals surface area contributed by atoms with E-state index >= 15 is 0 Å². The highest BCUT2D eigenvalue weighted by Crippen LogP contribution is 2.30. The molecule has 2 nitrogen and oxygen atoms in total. The Morgan fingerprint density at radius 1 is 1.15 bits per heavy atom. The summed E-state index contributed by atoms with van der Waals surface area (Å²) in [7, 11) is 0. The fourth-order valence-corrected chi connectivity index (χ4v) is 3.52. The molecular formula is C17H28ClNO. The van der Waals surface area contributed by atoms with Crippen LogP contribution in [0.3, 0.4) is 0 Å². The average Bonchev–Trinajstić information content (AvgIpc) is 2.44. The van der Waals surface area contributed by atoms with Crippen molar-refractivity contribution in [1.29, 1.82) is 0 Å². The van der Waals surface area contributed by atoms with Crippen molar-refractivity contribution in [2.45, 2.75) is 58.6 Å².